The fourth-order valence-electron chi connectivity index (χ4n) is 7.87. The van der Waals surface area contributed by atoms with Crippen LogP contribution in [0.2, 0.25) is 0 Å². The van der Waals surface area contributed by atoms with Crippen molar-refractivity contribution in [2.75, 3.05) is 0 Å². The minimum absolute atomic E-state index is 0.0112. The van der Waals surface area contributed by atoms with Gasteiger partial charge in [0.05, 0.1) is 17.2 Å². The number of nitrogens with zero attached hydrogens (tertiary/aromatic N) is 1. The van der Waals surface area contributed by atoms with Gasteiger partial charge in [0.25, 0.3) is 0 Å². The molecular weight excluding hydrogens is 629 g/mol. The Morgan fingerprint density at radius 3 is 1.96 bits per heavy atom. The van der Waals surface area contributed by atoms with Crippen molar-refractivity contribution in [3.63, 3.8) is 0 Å². The number of rotatable bonds is 5. The van der Waals surface area contributed by atoms with Crippen molar-refractivity contribution in [1.82, 2.24) is 15.2 Å². The van der Waals surface area contributed by atoms with E-state index >= 15 is 0 Å². The standard InChI is InChI=1S/C45H34N4S/c1-3-13-29(14-4-1)43-46-44(30-15-5-2-6-16-30)48-45(47-43)32-17-11-18-33(27-32)49-39-23-9-7-19-35(39)38-28-31(25-26-40(38)49)34-21-12-22-37-36-20-8-10-24-41(36)50-42(34)37/h1-28,43-48H/p+1. The molecule has 10 rings (SSSR count). The molecule has 0 spiro atoms. The fourth-order valence-corrected chi connectivity index (χ4v) is 9.11. The second kappa shape index (κ2) is 12.1. The summed E-state index contributed by atoms with van der Waals surface area (Å²) in [6.07, 6.45) is 0.165. The summed E-state index contributed by atoms with van der Waals surface area (Å²) in [5, 5.41) is 15.3. The molecule has 3 atom stereocenters. The number of nitrogens with one attached hydrogen (secondary N) is 2. The number of nitrogens with two attached hydrogens (primary N) is 1. The van der Waals surface area contributed by atoms with Crippen LogP contribution in [-0.2, 0) is 0 Å². The third kappa shape index (κ3) is 4.94. The van der Waals surface area contributed by atoms with E-state index in [0.29, 0.717) is 0 Å². The molecule has 1 saturated heterocycles. The van der Waals surface area contributed by atoms with Crippen LogP contribution in [-0.4, -0.2) is 4.57 Å². The molecule has 3 unspecified atom stereocenters. The van der Waals surface area contributed by atoms with E-state index in [1.54, 1.807) is 0 Å². The number of fused-ring (bicyclic) bond motifs is 6. The first-order valence-electron chi connectivity index (χ1n) is 17.3. The minimum atomic E-state index is 0.0112. The van der Waals surface area contributed by atoms with Gasteiger partial charge in [-0.3, -0.25) is 0 Å². The van der Waals surface area contributed by atoms with Gasteiger partial charge in [-0.05, 0) is 53.1 Å². The molecule has 5 heteroatoms. The number of hydrogen-bond donors (Lipinski definition) is 3. The lowest BCUT2D eigenvalue weighted by Crippen LogP contribution is -2.94. The van der Waals surface area contributed by atoms with E-state index in [-0.39, 0.29) is 18.5 Å². The highest BCUT2D eigenvalue weighted by atomic mass is 32.1. The van der Waals surface area contributed by atoms with Crippen LogP contribution in [0.15, 0.2) is 170 Å². The lowest BCUT2D eigenvalue weighted by Gasteiger charge is -2.36. The van der Waals surface area contributed by atoms with Gasteiger partial charge in [-0.25, -0.2) is 10.6 Å². The van der Waals surface area contributed by atoms with Crippen LogP contribution in [0.25, 0.3) is 58.8 Å². The van der Waals surface area contributed by atoms with Gasteiger partial charge in [0.2, 0.25) is 0 Å². The molecule has 0 amide bonds. The Bertz CT molecular complexity index is 2610. The average Bonchev–Trinajstić information content (AvgIpc) is 3.74. The van der Waals surface area contributed by atoms with Crippen molar-refractivity contribution in [1.29, 1.82) is 0 Å². The molecule has 9 aromatic rings. The van der Waals surface area contributed by atoms with Gasteiger partial charge in [-0.1, -0.05) is 133 Å². The summed E-state index contributed by atoms with van der Waals surface area (Å²) >= 11 is 1.89. The molecule has 1 aliphatic rings. The highest BCUT2D eigenvalue weighted by Gasteiger charge is 2.33. The average molecular weight is 664 g/mol. The predicted molar refractivity (Wildman–Crippen MR) is 208 cm³/mol. The molecule has 0 saturated carbocycles. The summed E-state index contributed by atoms with van der Waals surface area (Å²) in [6, 6.07) is 61.8. The second-order valence-electron chi connectivity index (χ2n) is 13.2. The summed E-state index contributed by atoms with van der Waals surface area (Å²) in [6.45, 7) is 0. The molecule has 1 aliphatic heterocycles. The van der Waals surface area contributed by atoms with E-state index in [9.17, 15) is 0 Å². The topological polar surface area (TPSA) is 45.6 Å². The maximum Gasteiger partial charge on any atom is 0.169 e. The highest BCUT2D eigenvalue weighted by Crippen LogP contribution is 2.42. The first-order chi connectivity index (χ1) is 24.8. The molecule has 240 valence electrons. The van der Waals surface area contributed by atoms with Crippen LogP contribution < -0.4 is 16.0 Å². The maximum absolute atomic E-state index is 3.91. The van der Waals surface area contributed by atoms with E-state index in [2.05, 4.69) is 190 Å². The van der Waals surface area contributed by atoms with E-state index in [1.165, 1.54) is 69.8 Å². The molecule has 7 aromatic carbocycles. The smallest absolute Gasteiger partial charge is 0.169 e. The Balaban J connectivity index is 1.08. The molecule has 4 N–H and O–H groups in total. The van der Waals surface area contributed by atoms with Gasteiger partial charge in [0, 0.05) is 47.8 Å². The van der Waals surface area contributed by atoms with Crippen LogP contribution in [0.4, 0.5) is 0 Å². The number of thiophene rings is 1. The third-order valence-corrected chi connectivity index (χ3v) is 11.5. The summed E-state index contributed by atoms with van der Waals surface area (Å²) in [5.74, 6) is 0. The number of hydrogen-bond acceptors (Lipinski definition) is 3. The number of benzene rings is 7. The normalized spacial score (nSPS) is 18.0. The van der Waals surface area contributed by atoms with Crippen LogP contribution >= 0.6 is 11.3 Å². The molecule has 0 aliphatic carbocycles. The van der Waals surface area contributed by atoms with Crippen LogP contribution in [0, 0.1) is 0 Å². The van der Waals surface area contributed by atoms with E-state index in [0.717, 1.165) is 5.69 Å². The van der Waals surface area contributed by atoms with Crippen LogP contribution in [0.5, 0.6) is 0 Å². The highest BCUT2D eigenvalue weighted by molar-refractivity contribution is 7.26. The molecule has 1 fully saturated rings. The minimum Gasteiger partial charge on any atom is -0.309 e. The van der Waals surface area contributed by atoms with Crippen LogP contribution in [0.1, 0.15) is 35.2 Å². The molecular formula is C45H35N4S+. The first kappa shape index (κ1) is 29.4. The Labute approximate surface area is 294 Å². The number of quaternary nitrogens is 1. The zero-order valence-electron chi connectivity index (χ0n) is 27.3. The molecule has 2 aromatic heterocycles. The maximum atomic E-state index is 3.91. The summed E-state index contributed by atoms with van der Waals surface area (Å²) in [5.41, 5.74) is 9.86. The Kier molecular flexibility index (Phi) is 7.10. The first-order valence-corrected chi connectivity index (χ1v) is 18.1. The molecule has 0 radical (unpaired) electrons. The molecule has 50 heavy (non-hydrogen) atoms. The summed E-state index contributed by atoms with van der Waals surface area (Å²) in [7, 11) is 0. The van der Waals surface area contributed by atoms with E-state index in [4.69, 9.17) is 0 Å². The van der Waals surface area contributed by atoms with Gasteiger partial charge < -0.3 is 9.88 Å². The van der Waals surface area contributed by atoms with Gasteiger partial charge in [0.1, 0.15) is 0 Å². The SMILES string of the molecule is c1ccc(C2NC(c3ccccc3)[NH2+]C(c3cccc(-n4c5ccccc5c5cc(-c6cccc7c6sc6ccccc67)ccc54)c3)N2)cc1. The van der Waals surface area contributed by atoms with E-state index in [1.807, 2.05) is 11.3 Å². The number of para-hydroxylation sites is 1. The van der Waals surface area contributed by atoms with Gasteiger partial charge >= 0.3 is 0 Å². The molecule has 3 heterocycles. The van der Waals surface area contributed by atoms with Gasteiger partial charge in [0.15, 0.2) is 12.3 Å². The van der Waals surface area contributed by atoms with Crippen molar-refractivity contribution in [2.24, 2.45) is 0 Å². The van der Waals surface area contributed by atoms with Crippen molar-refractivity contribution < 1.29 is 5.32 Å². The fraction of sp³-hybridized carbons (Fsp3) is 0.0667. The van der Waals surface area contributed by atoms with Crippen LogP contribution in [0.3, 0.4) is 0 Å². The zero-order chi connectivity index (χ0) is 33.0. The largest absolute Gasteiger partial charge is 0.309 e. The summed E-state index contributed by atoms with van der Waals surface area (Å²) < 4.78 is 5.11. The predicted octanol–water partition coefficient (Wildman–Crippen LogP) is 9.97. The Morgan fingerprint density at radius 1 is 0.480 bits per heavy atom. The molecule has 4 nitrogen and oxygen atoms in total. The van der Waals surface area contributed by atoms with Crippen molar-refractivity contribution in [3.8, 4) is 16.8 Å². The molecule has 0 bridgehead atoms. The second-order valence-corrected chi connectivity index (χ2v) is 14.2. The summed E-state index contributed by atoms with van der Waals surface area (Å²) in [4.78, 5) is 0. The quantitative estimate of drug-likeness (QED) is 0.172. The van der Waals surface area contributed by atoms with Gasteiger partial charge in [-0.15, -0.1) is 11.3 Å². The monoisotopic (exact) mass is 663 g/mol. The van der Waals surface area contributed by atoms with Crippen molar-refractivity contribution in [2.45, 2.75) is 18.5 Å². The Hall–Kier alpha value is -5.56. The van der Waals surface area contributed by atoms with E-state index < -0.39 is 0 Å². The zero-order valence-corrected chi connectivity index (χ0v) is 28.1. The lowest BCUT2D eigenvalue weighted by molar-refractivity contribution is -0.755. The van der Waals surface area contributed by atoms with Gasteiger partial charge in [-0.2, -0.15) is 0 Å². The lowest BCUT2D eigenvalue weighted by atomic mass is 10.0. The number of aromatic nitrogens is 1. The van der Waals surface area contributed by atoms with Crippen molar-refractivity contribution >= 4 is 53.3 Å². The Morgan fingerprint density at radius 2 is 1.12 bits per heavy atom. The van der Waals surface area contributed by atoms with Crippen molar-refractivity contribution in [3.05, 3.63) is 187 Å². The third-order valence-electron chi connectivity index (χ3n) is 10.2.